The first-order valence-electron chi connectivity index (χ1n) is 5.42. The maximum absolute atomic E-state index is 6.01. The quantitative estimate of drug-likeness (QED) is 0.755. The lowest BCUT2D eigenvalue weighted by Gasteiger charge is -2.22. The van der Waals surface area contributed by atoms with Crippen molar-refractivity contribution in [1.29, 1.82) is 0 Å². The van der Waals surface area contributed by atoms with E-state index in [0.29, 0.717) is 13.2 Å². The molecule has 1 aromatic heterocycles. The minimum absolute atomic E-state index is 0.0113. The normalized spacial score (nSPS) is 31.0. The van der Waals surface area contributed by atoms with Crippen LogP contribution in [0.5, 0.6) is 0 Å². The van der Waals surface area contributed by atoms with Gasteiger partial charge in [-0.1, -0.05) is 6.92 Å². The Labute approximate surface area is 89.4 Å². The Morgan fingerprint density at radius 3 is 3.07 bits per heavy atom. The van der Waals surface area contributed by atoms with E-state index in [1.807, 2.05) is 0 Å². The lowest BCUT2D eigenvalue weighted by Crippen LogP contribution is -2.42. The lowest BCUT2D eigenvalue weighted by atomic mass is 9.85. The molecular formula is C10H18N4O. The highest BCUT2D eigenvalue weighted by Crippen LogP contribution is 2.29. The van der Waals surface area contributed by atoms with Crippen molar-refractivity contribution in [1.82, 2.24) is 15.2 Å². The van der Waals surface area contributed by atoms with Crippen LogP contribution < -0.4 is 5.73 Å². The molecule has 0 aromatic carbocycles. The topological polar surface area (TPSA) is 76.8 Å². The summed E-state index contributed by atoms with van der Waals surface area (Å²) in [4.78, 5) is 4.48. The number of nitrogens with zero attached hydrogens (tertiary/aromatic N) is 2. The van der Waals surface area contributed by atoms with Gasteiger partial charge in [0.15, 0.2) is 5.82 Å². The highest BCUT2D eigenvalue weighted by Gasteiger charge is 2.42. The number of aryl methyl sites for hydroxylation is 1. The summed E-state index contributed by atoms with van der Waals surface area (Å²) in [5.41, 5.74) is 5.78. The molecule has 0 radical (unpaired) electrons. The highest BCUT2D eigenvalue weighted by atomic mass is 16.5. The maximum atomic E-state index is 6.01. The van der Waals surface area contributed by atoms with Crippen LogP contribution >= 0.6 is 0 Å². The zero-order valence-corrected chi connectivity index (χ0v) is 9.29. The summed E-state index contributed by atoms with van der Waals surface area (Å²) in [6.45, 7) is 5.38. The van der Waals surface area contributed by atoms with Gasteiger partial charge in [0, 0.05) is 12.5 Å². The molecule has 1 saturated heterocycles. The fraction of sp³-hybridized carbons (Fsp3) is 0.800. The molecule has 0 aliphatic carbocycles. The molecule has 0 bridgehead atoms. The van der Waals surface area contributed by atoms with Gasteiger partial charge in [0.05, 0.1) is 18.6 Å². The van der Waals surface area contributed by atoms with Gasteiger partial charge >= 0.3 is 0 Å². The van der Waals surface area contributed by atoms with Crippen LogP contribution in [-0.2, 0) is 16.6 Å². The second-order valence-electron chi connectivity index (χ2n) is 4.39. The first kappa shape index (κ1) is 10.6. The van der Waals surface area contributed by atoms with E-state index in [1.54, 1.807) is 0 Å². The molecule has 2 rings (SSSR count). The number of hydrogen-bond donors (Lipinski definition) is 2. The van der Waals surface area contributed by atoms with Gasteiger partial charge in [-0.3, -0.25) is 5.10 Å². The van der Waals surface area contributed by atoms with E-state index < -0.39 is 0 Å². The number of aromatic nitrogens is 3. The molecule has 0 saturated carbocycles. The van der Waals surface area contributed by atoms with E-state index >= 15 is 0 Å². The standard InChI is InChI=1S/C10H18N4O/c1-3-4-8-12-9(14-13-8)10(2)6-15-5-7(10)11/h7H,3-6,11H2,1-2H3,(H,12,13,14). The number of aromatic amines is 1. The summed E-state index contributed by atoms with van der Waals surface area (Å²) in [6.07, 6.45) is 1.99. The summed E-state index contributed by atoms with van der Waals surface area (Å²) in [5.74, 6) is 1.73. The third-order valence-corrected chi connectivity index (χ3v) is 3.05. The third kappa shape index (κ3) is 1.77. The molecule has 5 nitrogen and oxygen atoms in total. The number of rotatable bonds is 3. The first-order valence-corrected chi connectivity index (χ1v) is 5.42. The predicted molar refractivity (Wildman–Crippen MR) is 56.5 cm³/mol. The van der Waals surface area contributed by atoms with E-state index in [9.17, 15) is 0 Å². The highest BCUT2D eigenvalue weighted by molar-refractivity contribution is 5.13. The Balaban J connectivity index is 2.21. The van der Waals surface area contributed by atoms with Crippen LogP contribution in [0.15, 0.2) is 0 Å². The third-order valence-electron chi connectivity index (χ3n) is 3.05. The summed E-state index contributed by atoms with van der Waals surface area (Å²) < 4.78 is 5.38. The van der Waals surface area contributed by atoms with E-state index in [-0.39, 0.29) is 11.5 Å². The SMILES string of the molecule is CCCc1nc(C2(C)COCC2N)n[nH]1. The van der Waals surface area contributed by atoms with Crippen molar-refractivity contribution in [3.8, 4) is 0 Å². The molecule has 5 heteroatoms. The molecule has 84 valence electrons. The van der Waals surface area contributed by atoms with Gasteiger partial charge in [-0.2, -0.15) is 5.10 Å². The summed E-state index contributed by atoms with van der Waals surface area (Å²) in [7, 11) is 0. The van der Waals surface area contributed by atoms with Gasteiger partial charge in [0.1, 0.15) is 5.82 Å². The zero-order chi connectivity index (χ0) is 10.9. The van der Waals surface area contributed by atoms with Crippen molar-refractivity contribution < 1.29 is 4.74 Å². The van der Waals surface area contributed by atoms with Crippen molar-refractivity contribution in [3.63, 3.8) is 0 Å². The first-order chi connectivity index (χ1) is 7.16. The van der Waals surface area contributed by atoms with Gasteiger partial charge in [-0.05, 0) is 13.3 Å². The van der Waals surface area contributed by atoms with Crippen LogP contribution in [0.2, 0.25) is 0 Å². The van der Waals surface area contributed by atoms with Crippen molar-refractivity contribution in [2.24, 2.45) is 5.73 Å². The predicted octanol–water partition coefficient (Wildman–Crippen LogP) is 0.372. The van der Waals surface area contributed by atoms with Gasteiger partial charge in [0.2, 0.25) is 0 Å². The van der Waals surface area contributed by atoms with Crippen LogP contribution in [0, 0.1) is 0 Å². The molecule has 1 aliphatic heterocycles. The van der Waals surface area contributed by atoms with Crippen LogP contribution in [0.3, 0.4) is 0 Å². The average molecular weight is 210 g/mol. The van der Waals surface area contributed by atoms with Crippen molar-refractivity contribution >= 4 is 0 Å². The number of H-pyrrole nitrogens is 1. The Morgan fingerprint density at radius 1 is 1.67 bits per heavy atom. The molecule has 0 amide bonds. The van der Waals surface area contributed by atoms with Crippen molar-refractivity contribution in [2.75, 3.05) is 13.2 Å². The fourth-order valence-corrected chi connectivity index (χ4v) is 1.82. The van der Waals surface area contributed by atoms with E-state index in [4.69, 9.17) is 10.5 Å². The molecule has 0 spiro atoms. The Morgan fingerprint density at radius 2 is 2.47 bits per heavy atom. The lowest BCUT2D eigenvalue weighted by molar-refractivity contribution is 0.178. The molecule has 3 N–H and O–H groups in total. The molecule has 1 aliphatic rings. The minimum Gasteiger partial charge on any atom is -0.379 e. The average Bonchev–Trinajstić information content (AvgIpc) is 2.77. The molecule has 2 atom stereocenters. The Bertz CT molecular complexity index is 338. The van der Waals surface area contributed by atoms with E-state index in [2.05, 4.69) is 29.0 Å². The molecule has 1 aromatic rings. The van der Waals surface area contributed by atoms with Crippen LogP contribution in [0.25, 0.3) is 0 Å². The van der Waals surface area contributed by atoms with Gasteiger partial charge in [-0.15, -0.1) is 0 Å². The second-order valence-corrected chi connectivity index (χ2v) is 4.39. The van der Waals surface area contributed by atoms with E-state index in [1.165, 1.54) is 0 Å². The molecular weight excluding hydrogens is 192 g/mol. The minimum atomic E-state index is -0.234. The second kappa shape index (κ2) is 3.90. The summed E-state index contributed by atoms with van der Waals surface area (Å²) in [6, 6.07) is -0.0113. The molecule has 2 unspecified atom stereocenters. The van der Waals surface area contributed by atoms with Crippen molar-refractivity contribution in [2.45, 2.75) is 38.1 Å². The van der Waals surface area contributed by atoms with Gasteiger partial charge < -0.3 is 10.5 Å². The Hall–Kier alpha value is -0.940. The van der Waals surface area contributed by atoms with E-state index in [0.717, 1.165) is 24.5 Å². The van der Waals surface area contributed by atoms with Crippen LogP contribution in [0.1, 0.15) is 31.9 Å². The number of ether oxygens (including phenoxy) is 1. The fourth-order valence-electron chi connectivity index (χ4n) is 1.82. The largest absolute Gasteiger partial charge is 0.379 e. The van der Waals surface area contributed by atoms with Gasteiger partial charge in [0.25, 0.3) is 0 Å². The van der Waals surface area contributed by atoms with Crippen LogP contribution in [-0.4, -0.2) is 34.4 Å². The number of nitrogens with two attached hydrogens (primary N) is 1. The maximum Gasteiger partial charge on any atom is 0.160 e. The molecule has 1 fully saturated rings. The summed E-state index contributed by atoms with van der Waals surface area (Å²) >= 11 is 0. The monoisotopic (exact) mass is 210 g/mol. The molecule has 15 heavy (non-hydrogen) atoms. The Kier molecular flexibility index (Phi) is 2.75. The summed E-state index contributed by atoms with van der Waals surface area (Å²) in [5, 5.41) is 7.20. The van der Waals surface area contributed by atoms with Crippen LogP contribution in [0.4, 0.5) is 0 Å². The van der Waals surface area contributed by atoms with Gasteiger partial charge in [-0.25, -0.2) is 4.98 Å². The number of nitrogens with one attached hydrogen (secondary N) is 1. The van der Waals surface area contributed by atoms with Crippen molar-refractivity contribution in [3.05, 3.63) is 11.6 Å². The smallest absolute Gasteiger partial charge is 0.160 e. The zero-order valence-electron chi connectivity index (χ0n) is 9.29. The molecule has 2 heterocycles. The number of hydrogen-bond acceptors (Lipinski definition) is 4.